The molecule has 0 amide bonds. The molecule has 0 unspecified atom stereocenters. The van der Waals surface area contributed by atoms with E-state index in [2.05, 4.69) is 27.7 Å². The molecule has 0 rings (SSSR count). The van der Waals surface area contributed by atoms with E-state index in [-0.39, 0.29) is 0 Å². The van der Waals surface area contributed by atoms with Gasteiger partial charge in [0.1, 0.15) is 0 Å². The second-order valence-corrected chi connectivity index (χ2v) is 11.7. The van der Waals surface area contributed by atoms with E-state index in [9.17, 15) is 0 Å². The predicted molar refractivity (Wildman–Crippen MR) is 101 cm³/mol. The van der Waals surface area contributed by atoms with Gasteiger partial charge in [-0.25, -0.2) is 0 Å². The van der Waals surface area contributed by atoms with Crippen LogP contribution in [0.25, 0.3) is 0 Å². The molecule has 0 fully saturated rings. The van der Waals surface area contributed by atoms with Gasteiger partial charge in [-0.3, -0.25) is 0 Å². The average Bonchev–Trinajstić information content (AvgIpc) is 2.45. The third-order valence-electron chi connectivity index (χ3n) is 4.24. The zero-order valence-corrected chi connectivity index (χ0v) is 16.7. The molecule has 3 N–H and O–H groups in total. The van der Waals surface area contributed by atoms with Crippen LogP contribution >= 0.6 is 15.9 Å². The Morgan fingerprint density at radius 3 is 0.905 bits per heavy atom. The molecule has 3 nitrogen and oxygen atoms in total. The zero-order chi connectivity index (χ0) is 16.6. The Morgan fingerprint density at radius 2 is 0.762 bits per heavy atom. The summed E-state index contributed by atoms with van der Waals surface area (Å²) in [6.45, 7) is 9.44. The summed E-state index contributed by atoms with van der Waals surface area (Å²) in [4.78, 5) is 21.7. The van der Waals surface area contributed by atoms with Crippen molar-refractivity contribution >= 4 is 15.9 Å². The molecule has 21 heavy (non-hydrogen) atoms. The maximum Gasteiger partial charge on any atom is 0.324 e. The van der Waals surface area contributed by atoms with E-state index >= 15 is 0 Å². The fourth-order valence-corrected chi connectivity index (χ4v) is 8.87. The Morgan fingerprint density at radius 1 is 0.571 bits per heavy atom. The van der Waals surface area contributed by atoms with Gasteiger partial charge in [-0.05, 0) is 0 Å². The van der Waals surface area contributed by atoms with Crippen molar-refractivity contribution in [3.8, 4) is 0 Å². The SMILES string of the molecule is CCCC[PH](CCCC)(CCCC)CCCC.OP(O)O. The summed E-state index contributed by atoms with van der Waals surface area (Å²) in [7, 11) is -3.50. The average molecular weight is 342 g/mol. The Kier molecular flexibility index (Phi) is 19.5. The molecule has 5 heteroatoms. The topological polar surface area (TPSA) is 60.7 Å². The van der Waals surface area contributed by atoms with Crippen molar-refractivity contribution in [1.29, 1.82) is 0 Å². The van der Waals surface area contributed by atoms with Crippen molar-refractivity contribution in [3.63, 3.8) is 0 Å². The summed E-state index contributed by atoms with van der Waals surface area (Å²) < 4.78 is 0. The van der Waals surface area contributed by atoms with Gasteiger partial charge in [0.25, 0.3) is 0 Å². The van der Waals surface area contributed by atoms with Crippen molar-refractivity contribution in [1.82, 2.24) is 0 Å². The number of rotatable bonds is 12. The van der Waals surface area contributed by atoms with Crippen molar-refractivity contribution in [2.24, 2.45) is 0 Å². The van der Waals surface area contributed by atoms with Gasteiger partial charge in [-0.1, -0.05) is 0 Å². The molecule has 0 heterocycles. The second kappa shape index (κ2) is 17.1. The van der Waals surface area contributed by atoms with Gasteiger partial charge in [0.15, 0.2) is 0 Å². The Bertz CT molecular complexity index is 162. The van der Waals surface area contributed by atoms with E-state index in [1.165, 1.54) is 51.4 Å². The van der Waals surface area contributed by atoms with Gasteiger partial charge in [-0.15, -0.1) is 0 Å². The van der Waals surface area contributed by atoms with Crippen LogP contribution in [0, 0.1) is 0 Å². The number of hydrogen-bond donors (Lipinski definition) is 3. The molecule has 0 saturated carbocycles. The summed E-state index contributed by atoms with van der Waals surface area (Å²) in [6, 6.07) is 0. The number of unbranched alkanes of at least 4 members (excludes halogenated alkanes) is 4. The minimum absolute atomic E-state index is 0.879. The fraction of sp³-hybridized carbons (Fsp3) is 1.00. The molecule has 0 aliphatic heterocycles. The molecule has 0 saturated heterocycles. The van der Waals surface area contributed by atoms with E-state index in [1.54, 1.807) is 24.6 Å². The van der Waals surface area contributed by atoms with Crippen molar-refractivity contribution in [2.45, 2.75) is 79.1 Å². The first kappa shape index (κ1) is 24.0. The summed E-state index contributed by atoms with van der Waals surface area (Å²) in [6.07, 6.45) is 18.1. The maximum absolute atomic E-state index is 7.23. The Labute approximate surface area is 134 Å². The van der Waals surface area contributed by atoms with Crippen molar-refractivity contribution in [2.75, 3.05) is 24.6 Å². The summed E-state index contributed by atoms with van der Waals surface area (Å²) in [5.41, 5.74) is 0. The van der Waals surface area contributed by atoms with Crippen molar-refractivity contribution in [3.05, 3.63) is 0 Å². The predicted octanol–water partition coefficient (Wildman–Crippen LogP) is 5.13. The molecular weight excluding hydrogens is 302 g/mol. The smallest absolute Gasteiger partial charge is 0.324 e. The first-order valence-corrected chi connectivity index (χ1v) is 12.9. The van der Waals surface area contributed by atoms with E-state index in [4.69, 9.17) is 14.7 Å². The molecular formula is C16H40O3P2. The van der Waals surface area contributed by atoms with Crippen LogP contribution in [0.4, 0.5) is 0 Å². The first-order chi connectivity index (χ1) is 9.97. The van der Waals surface area contributed by atoms with E-state index in [1.807, 2.05) is 0 Å². The van der Waals surface area contributed by atoms with Crippen LogP contribution in [0.2, 0.25) is 0 Å². The van der Waals surface area contributed by atoms with Crippen LogP contribution < -0.4 is 0 Å². The molecule has 132 valence electrons. The van der Waals surface area contributed by atoms with Crippen LogP contribution in [-0.2, 0) is 0 Å². The first-order valence-electron chi connectivity index (χ1n) is 8.84. The fourth-order valence-electron chi connectivity index (χ4n) is 2.96. The maximum atomic E-state index is 7.23. The molecule has 0 atom stereocenters. The minimum atomic E-state index is -2.62. The second-order valence-electron chi connectivity index (χ2n) is 6.18. The van der Waals surface area contributed by atoms with Crippen LogP contribution in [0.15, 0.2) is 0 Å². The zero-order valence-electron chi connectivity index (χ0n) is 14.8. The summed E-state index contributed by atoms with van der Waals surface area (Å²) >= 11 is 0. The van der Waals surface area contributed by atoms with Crippen LogP contribution in [-0.4, -0.2) is 39.3 Å². The van der Waals surface area contributed by atoms with E-state index in [0.717, 1.165) is 0 Å². The third-order valence-corrected chi connectivity index (χ3v) is 9.90. The van der Waals surface area contributed by atoms with Gasteiger partial charge in [0.05, 0.1) is 0 Å². The number of hydrogen-bond acceptors (Lipinski definition) is 3. The van der Waals surface area contributed by atoms with Gasteiger partial charge < -0.3 is 14.7 Å². The molecule has 0 aromatic rings. The van der Waals surface area contributed by atoms with Crippen LogP contribution in [0.1, 0.15) is 79.1 Å². The van der Waals surface area contributed by atoms with E-state index < -0.39 is 15.9 Å². The molecule has 0 bridgehead atoms. The quantitative estimate of drug-likeness (QED) is 0.431. The van der Waals surface area contributed by atoms with Gasteiger partial charge in [0, 0.05) is 0 Å². The molecule has 0 aromatic carbocycles. The summed E-state index contributed by atoms with van der Waals surface area (Å²) in [5, 5.41) is 0. The van der Waals surface area contributed by atoms with E-state index in [0.29, 0.717) is 0 Å². The molecule has 0 radical (unpaired) electrons. The van der Waals surface area contributed by atoms with Gasteiger partial charge in [-0.2, -0.15) is 0 Å². The standard InChI is InChI=1S/C16H37P.H3O3P/c1-5-9-13-17(14-10-6-2,15-11-7-3)16-12-8-4;1-4(2)3/h17H,5-16H2,1-4H3;1-3H. The normalized spacial score (nSPS) is 12.2. The van der Waals surface area contributed by atoms with Crippen LogP contribution in [0.3, 0.4) is 0 Å². The molecule has 0 aliphatic carbocycles. The van der Waals surface area contributed by atoms with Crippen molar-refractivity contribution < 1.29 is 14.7 Å². The van der Waals surface area contributed by atoms with Crippen LogP contribution in [0.5, 0.6) is 0 Å². The molecule has 0 aliphatic rings. The Balaban J connectivity index is 0. The Hall–Kier alpha value is 0.740. The summed E-state index contributed by atoms with van der Waals surface area (Å²) in [5.74, 6) is 0. The minimum Gasteiger partial charge on any atom is -0.328 e. The largest absolute Gasteiger partial charge is 0.328 e. The third kappa shape index (κ3) is 16.9. The monoisotopic (exact) mass is 342 g/mol. The molecule has 0 aromatic heterocycles. The van der Waals surface area contributed by atoms with Gasteiger partial charge >= 0.3 is 120 Å². The molecule has 0 spiro atoms. The van der Waals surface area contributed by atoms with Gasteiger partial charge in [0.2, 0.25) is 0 Å².